The van der Waals surface area contributed by atoms with Crippen LogP contribution in [0, 0.1) is 0 Å². The van der Waals surface area contributed by atoms with E-state index in [0.29, 0.717) is 12.4 Å². The van der Waals surface area contributed by atoms with E-state index in [1.54, 1.807) is 9.58 Å². The molecule has 1 aromatic carbocycles. The lowest BCUT2D eigenvalue weighted by Gasteiger charge is -2.23. The third-order valence-electron chi connectivity index (χ3n) is 3.49. The number of carbonyl (C=O) groups excluding carboxylic acids is 2. The molecular weight excluding hydrogens is 256 g/mol. The highest BCUT2D eigenvalue weighted by molar-refractivity contribution is 6.03. The summed E-state index contributed by atoms with van der Waals surface area (Å²) in [6, 6.07) is 9.52. The van der Waals surface area contributed by atoms with E-state index in [-0.39, 0.29) is 17.5 Å². The van der Waals surface area contributed by atoms with Crippen molar-refractivity contribution in [2.75, 3.05) is 4.90 Å². The minimum atomic E-state index is -0.578. The standard InChI is InChI=1S/C14H14N4O2/c1-9(19)18-12(10-5-3-2-4-6-10)8-17-14(18)11(7-16-17)13(15)20/h2-7,12H,8H2,1H3,(H2,15,20). The number of anilines is 1. The van der Waals surface area contributed by atoms with Crippen molar-refractivity contribution in [2.45, 2.75) is 19.5 Å². The van der Waals surface area contributed by atoms with E-state index >= 15 is 0 Å². The SMILES string of the molecule is CC(=O)N1c2c(C(N)=O)cnn2CC1c1ccccc1. The number of primary amides is 1. The van der Waals surface area contributed by atoms with Gasteiger partial charge >= 0.3 is 0 Å². The summed E-state index contributed by atoms with van der Waals surface area (Å²) in [5.41, 5.74) is 6.63. The zero-order valence-corrected chi connectivity index (χ0v) is 11.0. The highest BCUT2D eigenvalue weighted by Crippen LogP contribution is 2.37. The number of carbonyl (C=O) groups is 2. The zero-order chi connectivity index (χ0) is 14.3. The topological polar surface area (TPSA) is 81.2 Å². The van der Waals surface area contributed by atoms with Crippen LogP contribution in [0.1, 0.15) is 28.9 Å². The molecule has 2 aromatic rings. The molecule has 1 aliphatic rings. The second-order valence-electron chi connectivity index (χ2n) is 4.74. The Bertz CT molecular complexity index is 678. The number of nitrogens with zero attached hydrogens (tertiary/aromatic N) is 3. The molecule has 0 saturated carbocycles. The van der Waals surface area contributed by atoms with Gasteiger partial charge in [-0.15, -0.1) is 0 Å². The molecule has 20 heavy (non-hydrogen) atoms. The number of rotatable bonds is 2. The van der Waals surface area contributed by atoms with Gasteiger partial charge in [-0.25, -0.2) is 4.68 Å². The van der Waals surface area contributed by atoms with Crippen LogP contribution in [-0.4, -0.2) is 21.6 Å². The van der Waals surface area contributed by atoms with Gasteiger partial charge in [0, 0.05) is 6.92 Å². The van der Waals surface area contributed by atoms with E-state index < -0.39 is 5.91 Å². The van der Waals surface area contributed by atoms with Gasteiger partial charge in [-0.05, 0) is 5.56 Å². The molecule has 6 heteroatoms. The summed E-state index contributed by atoms with van der Waals surface area (Å²) in [4.78, 5) is 25.0. The van der Waals surface area contributed by atoms with Crippen molar-refractivity contribution in [1.82, 2.24) is 9.78 Å². The van der Waals surface area contributed by atoms with E-state index in [4.69, 9.17) is 5.73 Å². The number of benzene rings is 1. The van der Waals surface area contributed by atoms with Gasteiger partial charge in [0.25, 0.3) is 5.91 Å². The maximum absolute atomic E-state index is 12.0. The lowest BCUT2D eigenvalue weighted by molar-refractivity contribution is -0.116. The fourth-order valence-electron chi connectivity index (χ4n) is 2.63. The minimum absolute atomic E-state index is 0.138. The molecule has 6 nitrogen and oxygen atoms in total. The Labute approximate surface area is 115 Å². The van der Waals surface area contributed by atoms with E-state index in [2.05, 4.69) is 5.10 Å². The third kappa shape index (κ3) is 1.77. The molecule has 0 aliphatic carbocycles. The summed E-state index contributed by atoms with van der Waals surface area (Å²) in [7, 11) is 0. The third-order valence-corrected chi connectivity index (χ3v) is 3.49. The predicted octanol–water partition coefficient (Wildman–Crippen LogP) is 1.09. The molecule has 0 fully saturated rings. The van der Waals surface area contributed by atoms with Crippen LogP contribution >= 0.6 is 0 Å². The molecule has 2 amide bonds. The quantitative estimate of drug-likeness (QED) is 0.886. The van der Waals surface area contributed by atoms with E-state index in [1.807, 2.05) is 30.3 Å². The van der Waals surface area contributed by atoms with Crippen LogP contribution in [0.4, 0.5) is 5.82 Å². The van der Waals surface area contributed by atoms with Crippen molar-refractivity contribution >= 4 is 17.6 Å². The largest absolute Gasteiger partial charge is 0.365 e. The van der Waals surface area contributed by atoms with Crippen LogP contribution in [0.3, 0.4) is 0 Å². The highest BCUT2D eigenvalue weighted by Gasteiger charge is 2.37. The first-order chi connectivity index (χ1) is 9.59. The number of fused-ring (bicyclic) bond motifs is 1. The maximum Gasteiger partial charge on any atom is 0.254 e. The predicted molar refractivity (Wildman–Crippen MR) is 73.1 cm³/mol. The zero-order valence-electron chi connectivity index (χ0n) is 11.0. The fraction of sp³-hybridized carbons (Fsp3) is 0.214. The molecular formula is C14H14N4O2. The van der Waals surface area contributed by atoms with Gasteiger partial charge in [-0.1, -0.05) is 30.3 Å². The van der Waals surface area contributed by atoms with Crippen LogP contribution in [-0.2, 0) is 11.3 Å². The monoisotopic (exact) mass is 270 g/mol. The summed E-state index contributed by atoms with van der Waals surface area (Å²) in [6.45, 7) is 2.00. The lowest BCUT2D eigenvalue weighted by atomic mass is 10.1. The molecule has 102 valence electrons. The van der Waals surface area contributed by atoms with Crippen LogP contribution < -0.4 is 10.6 Å². The summed E-state index contributed by atoms with van der Waals surface area (Å²) in [6.07, 6.45) is 1.41. The van der Waals surface area contributed by atoms with Crippen molar-refractivity contribution in [1.29, 1.82) is 0 Å². The van der Waals surface area contributed by atoms with Gasteiger partial charge in [0.2, 0.25) is 5.91 Å². The Morgan fingerprint density at radius 2 is 2.00 bits per heavy atom. The second kappa shape index (κ2) is 4.48. The van der Waals surface area contributed by atoms with Crippen LogP contribution in [0.25, 0.3) is 0 Å². The van der Waals surface area contributed by atoms with Crippen molar-refractivity contribution in [3.05, 3.63) is 47.7 Å². The van der Waals surface area contributed by atoms with Gasteiger partial charge < -0.3 is 5.73 Å². The molecule has 1 aromatic heterocycles. The van der Waals surface area contributed by atoms with Crippen molar-refractivity contribution in [3.8, 4) is 0 Å². The average Bonchev–Trinajstić information content (AvgIpc) is 2.97. The van der Waals surface area contributed by atoms with Gasteiger partial charge in [0.15, 0.2) is 0 Å². The molecule has 0 bridgehead atoms. The smallest absolute Gasteiger partial charge is 0.254 e. The van der Waals surface area contributed by atoms with Gasteiger partial charge in [0.1, 0.15) is 11.4 Å². The van der Waals surface area contributed by atoms with Crippen molar-refractivity contribution < 1.29 is 9.59 Å². The van der Waals surface area contributed by atoms with E-state index in [1.165, 1.54) is 13.1 Å². The van der Waals surface area contributed by atoms with Gasteiger partial charge in [-0.3, -0.25) is 14.5 Å². The fourth-order valence-corrected chi connectivity index (χ4v) is 2.63. The van der Waals surface area contributed by atoms with Crippen LogP contribution in [0.5, 0.6) is 0 Å². The minimum Gasteiger partial charge on any atom is -0.365 e. The Kier molecular flexibility index (Phi) is 2.78. The maximum atomic E-state index is 12.0. The molecule has 2 N–H and O–H groups in total. The second-order valence-corrected chi connectivity index (χ2v) is 4.74. The van der Waals surface area contributed by atoms with Gasteiger partial charge in [0.05, 0.1) is 18.8 Å². The Morgan fingerprint density at radius 1 is 1.30 bits per heavy atom. The van der Waals surface area contributed by atoms with Crippen molar-refractivity contribution in [3.63, 3.8) is 0 Å². The normalized spacial score (nSPS) is 17.1. The summed E-state index contributed by atoms with van der Waals surface area (Å²) in [5.74, 6) is -0.231. The molecule has 0 saturated heterocycles. The number of hydrogen-bond acceptors (Lipinski definition) is 3. The number of amides is 2. The van der Waals surface area contributed by atoms with Crippen LogP contribution in [0.15, 0.2) is 36.5 Å². The van der Waals surface area contributed by atoms with E-state index in [0.717, 1.165) is 5.56 Å². The summed E-state index contributed by atoms with van der Waals surface area (Å²) < 4.78 is 1.65. The lowest BCUT2D eigenvalue weighted by Crippen LogP contribution is -2.31. The molecule has 0 spiro atoms. The molecule has 1 atom stereocenters. The first kappa shape index (κ1) is 12.4. The number of hydrogen-bond donors (Lipinski definition) is 1. The van der Waals surface area contributed by atoms with Gasteiger partial charge in [-0.2, -0.15) is 5.10 Å². The molecule has 1 unspecified atom stereocenters. The van der Waals surface area contributed by atoms with E-state index in [9.17, 15) is 9.59 Å². The highest BCUT2D eigenvalue weighted by atomic mass is 16.2. The Morgan fingerprint density at radius 3 is 2.60 bits per heavy atom. The Balaban J connectivity index is 2.09. The first-order valence-electron chi connectivity index (χ1n) is 6.30. The number of aromatic nitrogens is 2. The summed E-state index contributed by atoms with van der Waals surface area (Å²) in [5, 5.41) is 4.15. The summed E-state index contributed by atoms with van der Waals surface area (Å²) >= 11 is 0. The number of nitrogens with two attached hydrogens (primary N) is 1. The average molecular weight is 270 g/mol. The van der Waals surface area contributed by atoms with Crippen LogP contribution in [0.2, 0.25) is 0 Å². The molecule has 1 aliphatic heterocycles. The molecule has 2 heterocycles. The Hall–Kier alpha value is -2.63. The van der Waals surface area contributed by atoms with Crippen molar-refractivity contribution in [2.24, 2.45) is 5.73 Å². The molecule has 3 rings (SSSR count). The molecule has 0 radical (unpaired) electrons. The first-order valence-corrected chi connectivity index (χ1v) is 6.30.